The first-order valence-corrected chi connectivity index (χ1v) is 7.14. The molecule has 1 aromatic rings. The second kappa shape index (κ2) is 8.18. The Hall–Kier alpha value is -2.18. The molecule has 0 heterocycles. The Labute approximate surface area is 123 Å². The monoisotopic (exact) mass is 295 g/mol. The van der Waals surface area contributed by atoms with Gasteiger partial charge in [-0.25, -0.2) is 0 Å². The number of hydrogen-bond donors (Lipinski definition) is 1. The van der Waals surface area contributed by atoms with Crippen LogP contribution in [0.1, 0.15) is 44.6 Å². The Morgan fingerprint density at radius 1 is 1.00 bits per heavy atom. The minimum atomic E-state index is -0.584. The molecule has 0 aliphatic rings. The van der Waals surface area contributed by atoms with E-state index in [0.29, 0.717) is 12.1 Å². The topological polar surface area (TPSA) is 98.3 Å². The fourth-order valence-electron chi connectivity index (χ4n) is 2.16. The highest BCUT2D eigenvalue weighted by Crippen LogP contribution is 2.35. The van der Waals surface area contributed by atoms with Gasteiger partial charge in [-0.1, -0.05) is 32.6 Å². The highest BCUT2D eigenvalue weighted by atomic mass is 16.6. The number of hydrogen-bond acceptors (Lipinski definition) is 5. The molecule has 0 saturated heterocycles. The largest absolute Gasteiger partial charge is 0.374 e. The summed E-state index contributed by atoms with van der Waals surface area (Å²) in [4.78, 5) is 21.0. The Kier molecular flexibility index (Phi) is 6.58. The van der Waals surface area contributed by atoms with Crippen molar-refractivity contribution >= 4 is 17.1 Å². The molecule has 1 aromatic carbocycles. The fraction of sp³-hybridized carbons (Fsp3) is 0.571. The van der Waals surface area contributed by atoms with Gasteiger partial charge in [0.15, 0.2) is 5.69 Å². The van der Waals surface area contributed by atoms with E-state index in [4.69, 9.17) is 0 Å². The van der Waals surface area contributed by atoms with Gasteiger partial charge < -0.3 is 5.32 Å². The van der Waals surface area contributed by atoms with Crippen molar-refractivity contribution in [3.63, 3.8) is 0 Å². The van der Waals surface area contributed by atoms with E-state index in [0.717, 1.165) is 32.1 Å². The van der Waals surface area contributed by atoms with Gasteiger partial charge >= 0.3 is 0 Å². The third-order valence-electron chi connectivity index (χ3n) is 3.22. The first-order valence-electron chi connectivity index (χ1n) is 7.14. The maximum Gasteiger partial charge on any atom is 0.299 e. The average molecular weight is 295 g/mol. The summed E-state index contributed by atoms with van der Waals surface area (Å²) in [6.07, 6.45) is 5.25. The zero-order valence-corrected chi connectivity index (χ0v) is 12.4. The summed E-state index contributed by atoms with van der Waals surface area (Å²) in [5.74, 6) is 0. The van der Waals surface area contributed by atoms with Crippen molar-refractivity contribution in [3.8, 4) is 0 Å². The van der Waals surface area contributed by atoms with Gasteiger partial charge in [0.2, 0.25) is 0 Å². The molecule has 0 saturated carbocycles. The van der Waals surface area contributed by atoms with Gasteiger partial charge in [0.1, 0.15) is 0 Å². The molecule has 1 rings (SSSR count). The normalized spacial score (nSPS) is 10.4. The van der Waals surface area contributed by atoms with Crippen LogP contribution in [0.3, 0.4) is 0 Å². The zero-order valence-electron chi connectivity index (χ0n) is 12.4. The highest BCUT2D eigenvalue weighted by molar-refractivity contribution is 5.74. The summed E-state index contributed by atoms with van der Waals surface area (Å²) >= 11 is 0. The molecule has 116 valence electrons. The van der Waals surface area contributed by atoms with Gasteiger partial charge in [0, 0.05) is 18.7 Å². The summed E-state index contributed by atoms with van der Waals surface area (Å²) in [6, 6.07) is 2.71. The molecular formula is C14H21N3O4. The Bertz CT molecular complexity index is 482. The molecule has 0 aliphatic carbocycles. The summed E-state index contributed by atoms with van der Waals surface area (Å²) in [6.45, 7) is 4.22. The maximum atomic E-state index is 11.1. The SMILES string of the molecule is CCCCCCCNc1c([N+](=O)[O-])cc(C)cc1[N+](=O)[O-]. The molecule has 0 atom stereocenters. The molecule has 0 aliphatic heterocycles. The van der Waals surface area contributed by atoms with Gasteiger partial charge in [-0.2, -0.15) is 0 Å². The number of nitrogens with one attached hydrogen (secondary N) is 1. The van der Waals surface area contributed by atoms with Crippen LogP contribution in [-0.2, 0) is 0 Å². The predicted octanol–water partition coefficient (Wildman–Crippen LogP) is 4.19. The van der Waals surface area contributed by atoms with E-state index in [-0.39, 0.29) is 17.1 Å². The molecule has 0 fully saturated rings. The lowest BCUT2D eigenvalue weighted by Gasteiger charge is -2.08. The van der Waals surface area contributed by atoms with E-state index in [9.17, 15) is 20.2 Å². The van der Waals surface area contributed by atoms with Gasteiger partial charge in [0.25, 0.3) is 11.4 Å². The van der Waals surface area contributed by atoms with Crippen molar-refractivity contribution in [1.29, 1.82) is 0 Å². The molecule has 0 unspecified atom stereocenters. The van der Waals surface area contributed by atoms with Crippen LogP contribution in [0.2, 0.25) is 0 Å². The van der Waals surface area contributed by atoms with E-state index in [1.165, 1.54) is 12.1 Å². The standard InChI is InChI=1S/C14H21N3O4/c1-3-4-5-6-7-8-15-14-12(16(18)19)9-11(2)10-13(14)17(20)21/h9-10,15H,3-8H2,1-2H3. The van der Waals surface area contributed by atoms with E-state index in [1.54, 1.807) is 6.92 Å². The van der Waals surface area contributed by atoms with E-state index in [2.05, 4.69) is 12.2 Å². The van der Waals surface area contributed by atoms with E-state index >= 15 is 0 Å². The summed E-state index contributed by atoms with van der Waals surface area (Å²) in [5, 5.41) is 25.0. The third kappa shape index (κ3) is 5.02. The van der Waals surface area contributed by atoms with Gasteiger partial charge in [-0.05, 0) is 18.9 Å². The number of benzene rings is 1. The molecule has 1 N–H and O–H groups in total. The minimum absolute atomic E-state index is 0.00564. The fourth-order valence-corrected chi connectivity index (χ4v) is 2.16. The van der Waals surface area contributed by atoms with Crippen molar-refractivity contribution in [2.45, 2.75) is 46.0 Å². The number of nitro groups is 2. The van der Waals surface area contributed by atoms with E-state index in [1.807, 2.05) is 0 Å². The lowest BCUT2D eigenvalue weighted by Crippen LogP contribution is -2.07. The lowest BCUT2D eigenvalue weighted by molar-refractivity contribution is -0.392. The smallest absolute Gasteiger partial charge is 0.299 e. The molecule has 7 nitrogen and oxygen atoms in total. The number of unbranched alkanes of at least 4 members (excludes halogenated alkanes) is 4. The van der Waals surface area contributed by atoms with Crippen molar-refractivity contribution in [1.82, 2.24) is 0 Å². The Morgan fingerprint density at radius 2 is 1.52 bits per heavy atom. The summed E-state index contributed by atoms with van der Waals surface area (Å²) < 4.78 is 0. The van der Waals surface area contributed by atoms with Crippen LogP contribution in [0, 0.1) is 27.2 Å². The number of nitro benzene ring substituents is 2. The zero-order chi connectivity index (χ0) is 15.8. The molecule has 0 amide bonds. The van der Waals surface area contributed by atoms with Gasteiger partial charge in [-0.15, -0.1) is 0 Å². The second-order valence-corrected chi connectivity index (χ2v) is 5.03. The van der Waals surface area contributed by atoms with Crippen LogP contribution in [-0.4, -0.2) is 16.4 Å². The van der Waals surface area contributed by atoms with Gasteiger partial charge in [0.05, 0.1) is 9.85 Å². The van der Waals surface area contributed by atoms with Crippen LogP contribution in [0.5, 0.6) is 0 Å². The molecular weight excluding hydrogens is 274 g/mol. The number of anilines is 1. The molecule has 0 bridgehead atoms. The lowest BCUT2D eigenvalue weighted by atomic mass is 10.1. The highest BCUT2D eigenvalue weighted by Gasteiger charge is 2.25. The molecule has 0 aromatic heterocycles. The molecule has 21 heavy (non-hydrogen) atoms. The second-order valence-electron chi connectivity index (χ2n) is 5.03. The number of nitrogens with zero attached hydrogens (tertiary/aromatic N) is 2. The molecule has 0 spiro atoms. The van der Waals surface area contributed by atoms with Crippen molar-refractivity contribution in [2.24, 2.45) is 0 Å². The van der Waals surface area contributed by atoms with Crippen molar-refractivity contribution in [2.75, 3.05) is 11.9 Å². The van der Waals surface area contributed by atoms with Gasteiger partial charge in [-0.3, -0.25) is 20.2 Å². The van der Waals surface area contributed by atoms with E-state index < -0.39 is 9.85 Å². The number of rotatable bonds is 9. The van der Waals surface area contributed by atoms with Crippen LogP contribution < -0.4 is 5.32 Å². The van der Waals surface area contributed by atoms with Crippen molar-refractivity contribution < 1.29 is 9.85 Å². The maximum absolute atomic E-state index is 11.1. The van der Waals surface area contributed by atoms with Crippen LogP contribution >= 0.6 is 0 Å². The average Bonchev–Trinajstić information content (AvgIpc) is 2.42. The summed E-state index contributed by atoms with van der Waals surface area (Å²) in [7, 11) is 0. The molecule has 0 radical (unpaired) electrons. The Balaban J connectivity index is 2.83. The van der Waals surface area contributed by atoms with Crippen LogP contribution in [0.25, 0.3) is 0 Å². The van der Waals surface area contributed by atoms with Crippen LogP contribution in [0.15, 0.2) is 12.1 Å². The molecule has 7 heteroatoms. The summed E-state index contributed by atoms with van der Waals surface area (Å²) in [5.41, 5.74) is 0.0264. The first-order chi connectivity index (χ1) is 9.97. The minimum Gasteiger partial charge on any atom is -0.374 e. The third-order valence-corrected chi connectivity index (χ3v) is 3.22. The predicted molar refractivity (Wildman–Crippen MR) is 81.7 cm³/mol. The number of aryl methyl sites for hydroxylation is 1. The Morgan fingerprint density at radius 3 is 2.00 bits per heavy atom. The quantitative estimate of drug-likeness (QED) is 0.418. The van der Waals surface area contributed by atoms with Crippen LogP contribution in [0.4, 0.5) is 17.1 Å². The van der Waals surface area contributed by atoms with Crippen molar-refractivity contribution in [3.05, 3.63) is 37.9 Å². The first kappa shape index (κ1) is 16.9.